The number of hydrogen-bond acceptors (Lipinski definition) is 5. The molecule has 4 rings (SSSR count). The Hall–Kier alpha value is -2.41. The Kier molecular flexibility index (Phi) is 4.40. The molecule has 26 heavy (non-hydrogen) atoms. The molecule has 3 aromatic rings. The van der Waals surface area contributed by atoms with Crippen LogP contribution >= 0.6 is 11.3 Å². The fourth-order valence-corrected chi connectivity index (χ4v) is 4.70. The van der Waals surface area contributed by atoms with Crippen molar-refractivity contribution in [3.63, 3.8) is 0 Å². The molecular weight excluding hydrogens is 346 g/mol. The molecule has 1 aromatic carbocycles. The number of carbonyl (C=O) groups excluding carboxylic acids is 1. The Bertz CT molecular complexity index is 952. The Morgan fingerprint density at radius 2 is 2.15 bits per heavy atom. The van der Waals surface area contributed by atoms with Crippen LogP contribution < -0.4 is 5.73 Å². The molecule has 3 heterocycles. The highest BCUT2D eigenvalue weighted by atomic mass is 32.1. The average Bonchev–Trinajstić information content (AvgIpc) is 3.27. The monoisotopic (exact) mass is 369 g/mol. The van der Waals surface area contributed by atoms with Crippen molar-refractivity contribution in [1.82, 2.24) is 20.1 Å². The summed E-state index contributed by atoms with van der Waals surface area (Å²) in [4.78, 5) is 19.3. The number of aromatic amines is 1. The van der Waals surface area contributed by atoms with Gasteiger partial charge in [0.05, 0.1) is 16.4 Å². The van der Waals surface area contributed by atoms with E-state index in [-0.39, 0.29) is 5.91 Å². The van der Waals surface area contributed by atoms with Crippen molar-refractivity contribution in [3.8, 4) is 0 Å². The summed E-state index contributed by atoms with van der Waals surface area (Å²) in [7, 11) is 0. The molecule has 3 N–H and O–H groups in total. The first-order valence-electron chi connectivity index (χ1n) is 9.05. The van der Waals surface area contributed by atoms with Gasteiger partial charge in [-0.1, -0.05) is 18.3 Å². The van der Waals surface area contributed by atoms with E-state index in [4.69, 9.17) is 5.73 Å². The lowest BCUT2D eigenvalue weighted by molar-refractivity contribution is 0.0712. The second kappa shape index (κ2) is 6.72. The Balaban J connectivity index is 1.50. The molecule has 7 heteroatoms. The predicted octanol–water partition coefficient (Wildman–Crippen LogP) is 3.49. The Labute approximate surface area is 156 Å². The number of likely N-dealkylation sites (tertiary alicyclic amines) is 1. The quantitative estimate of drug-likeness (QED) is 0.740. The zero-order valence-electron chi connectivity index (χ0n) is 15.1. The van der Waals surface area contributed by atoms with Crippen LogP contribution in [0.5, 0.6) is 0 Å². The van der Waals surface area contributed by atoms with Gasteiger partial charge in [0.1, 0.15) is 0 Å². The number of anilines is 1. The highest BCUT2D eigenvalue weighted by Gasteiger charge is 2.27. The predicted molar refractivity (Wildman–Crippen MR) is 105 cm³/mol. The maximum absolute atomic E-state index is 13.0. The third kappa shape index (κ3) is 2.96. The first-order valence-corrected chi connectivity index (χ1v) is 9.86. The number of nitrogen functional groups attached to an aromatic ring is 1. The molecule has 1 saturated heterocycles. The fourth-order valence-electron chi connectivity index (χ4n) is 3.85. The summed E-state index contributed by atoms with van der Waals surface area (Å²) >= 11 is 1.43. The van der Waals surface area contributed by atoms with Gasteiger partial charge in [0.2, 0.25) is 0 Å². The molecule has 0 radical (unpaired) electrons. The Morgan fingerprint density at radius 1 is 1.38 bits per heavy atom. The van der Waals surface area contributed by atoms with Crippen molar-refractivity contribution in [2.45, 2.75) is 39.0 Å². The van der Waals surface area contributed by atoms with E-state index in [2.05, 4.69) is 22.1 Å². The molecule has 1 aliphatic heterocycles. The van der Waals surface area contributed by atoms with Crippen LogP contribution in [0.15, 0.2) is 18.3 Å². The number of hydrogen-bond donors (Lipinski definition) is 2. The normalized spacial score (nSPS) is 15.7. The largest absolute Gasteiger partial charge is 0.375 e. The van der Waals surface area contributed by atoms with Gasteiger partial charge in [-0.05, 0) is 49.4 Å². The van der Waals surface area contributed by atoms with Gasteiger partial charge < -0.3 is 10.6 Å². The Morgan fingerprint density at radius 3 is 2.88 bits per heavy atom. The number of fused-ring (bicyclic) bond motifs is 1. The summed E-state index contributed by atoms with van der Waals surface area (Å²) in [6.45, 7) is 5.67. The highest BCUT2D eigenvalue weighted by molar-refractivity contribution is 7.22. The van der Waals surface area contributed by atoms with Gasteiger partial charge in [0.15, 0.2) is 5.13 Å². The fraction of sp³-hybridized carbons (Fsp3) is 0.421. The summed E-state index contributed by atoms with van der Waals surface area (Å²) in [5.41, 5.74) is 11.0. The molecule has 0 aliphatic carbocycles. The van der Waals surface area contributed by atoms with Gasteiger partial charge >= 0.3 is 0 Å². The number of aryl methyl sites for hydroxylation is 2. The number of nitrogens with zero attached hydrogens (tertiary/aromatic N) is 3. The zero-order chi connectivity index (χ0) is 18.3. The van der Waals surface area contributed by atoms with E-state index < -0.39 is 0 Å². The molecule has 0 saturated carbocycles. The minimum atomic E-state index is 0.0979. The van der Waals surface area contributed by atoms with E-state index in [1.807, 2.05) is 30.2 Å². The summed E-state index contributed by atoms with van der Waals surface area (Å²) in [6, 6.07) is 3.86. The van der Waals surface area contributed by atoms with Crippen molar-refractivity contribution in [3.05, 3.63) is 40.7 Å². The van der Waals surface area contributed by atoms with Crippen molar-refractivity contribution in [1.29, 1.82) is 0 Å². The number of benzene rings is 1. The van der Waals surface area contributed by atoms with Crippen LogP contribution in [0.4, 0.5) is 5.13 Å². The van der Waals surface area contributed by atoms with Gasteiger partial charge in [-0.2, -0.15) is 5.10 Å². The van der Waals surface area contributed by atoms with E-state index >= 15 is 0 Å². The second-order valence-corrected chi connectivity index (χ2v) is 7.98. The number of thiazole rings is 1. The molecule has 0 unspecified atom stereocenters. The number of nitrogens with one attached hydrogen (secondary N) is 1. The number of carbonyl (C=O) groups is 1. The molecular formula is C19H23N5OS. The van der Waals surface area contributed by atoms with Gasteiger partial charge in [0, 0.05) is 30.3 Å². The number of piperidine rings is 1. The van der Waals surface area contributed by atoms with E-state index in [0.717, 1.165) is 53.7 Å². The van der Waals surface area contributed by atoms with Crippen molar-refractivity contribution in [2.24, 2.45) is 0 Å². The minimum absolute atomic E-state index is 0.0979. The third-order valence-electron chi connectivity index (χ3n) is 5.27. The van der Waals surface area contributed by atoms with Crippen LogP contribution in [0.2, 0.25) is 0 Å². The van der Waals surface area contributed by atoms with Crippen LogP contribution in [-0.2, 0) is 6.42 Å². The molecule has 6 nitrogen and oxygen atoms in total. The second-order valence-electron chi connectivity index (χ2n) is 6.92. The molecule has 0 bridgehead atoms. The van der Waals surface area contributed by atoms with Crippen LogP contribution in [0.1, 0.15) is 52.9 Å². The van der Waals surface area contributed by atoms with Crippen molar-refractivity contribution >= 4 is 32.6 Å². The topological polar surface area (TPSA) is 87.9 Å². The van der Waals surface area contributed by atoms with E-state index in [1.165, 1.54) is 22.6 Å². The molecule has 1 fully saturated rings. The van der Waals surface area contributed by atoms with Crippen LogP contribution in [0.3, 0.4) is 0 Å². The lowest BCUT2D eigenvalue weighted by Crippen LogP contribution is -2.38. The number of amides is 1. The summed E-state index contributed by atoms with van der Waals surface area (Å²) in [6.07, 6.45) is 4.85. The molecule has 2 aromatic heterocycles. The van der Waals surface area contributed by atoms with E-state index in [9.17, 15) is 4.79 Å². The number of aromatic nitrogens is 3. The van der Waals surface area contributed by atoms with Gasteiger partial charge in [0.25, 0.3) is 5.91 Å². The molecule has 0 atom stereocenters. The lowest BCUT2D eigenvalue weighted by Gasteiger charge is -2.32. The first-order chi connectivity index (χ1) is 12.6. The molecule has 0 spiro atoms. The third-order valence-corrected chi connectivity index (χ3v) is 6.10. The number of H-pyrrole nitrogens is 1. The number of nitrogens with two attached hydrogens (primary N) is 1. The minimum Gasteiger partial charge on any atom is -0.375 e. The van der Waals surface area contributed by atoms with E-state index in [0.29, 0.717) is 11.0 Å². The SMILES string of the molecule is CCc1cn[nH]c1C1CCN(C(=O)c2cc(C)c3nc(N)sc3c2)CC1. The van der Waals surface area contributed by atoms with Crippen molar-refractivity contribution < 1.29 is 4.79 Å². The first kappa shape index (κ1) is 17.0. The smallest absolute Gasteiger partial charge is 0.253 e. The van der Waals surface area contributed by atoms with Crippen LogP contribution in [0.25, 0.3) is 10.2 Å². The number of rotatable bonds is 3. The molecule has 1 amide bonds. The van der Waals surface area contributed by atoms with Gasteiger partial charge in [-0.25, -0.2) is 4.98 Å². The zero-order valence-corrected chi connectivity index (χ0v) is 15.9. The van der Waals surface area contributed by atoms with Gasteiger partial charge in [-0.15, -0.1) is 0 Å². The lowest BCUT2D eigenvalue weighted by atomic mass is 9.90. The van der Waals surface area contributed by atoms with Gasteiger partial charge in [-0.3, -0.25) is 9.89 Å². The summed E-state index contributed by atoms with van der Waals surface area (Å²) in [5, 5.41) is 7.89. The van der Waals surface area contributed by atoms with E-state index in [1.54, 1.807) is 0 Å². The van der Waals surface area contributed by atoms with Crippen molar-refractivity contribution in [2.75, 3.05) is 18.8 Å². The maximum Gasteiger partial charge on any atom is 0.253 e. The molecule has 136 valence electrons. The van der Waals surface area contributed by atoms with Crippen LogP contribution in [0, 0.1) is 6.92 Å². The molecule has 1 aliphatic rings. The maximum atomic E-state index is 13.0. The summed E-state index contributed by atoms with van der Waals surface area (Å²) < 4.78 is 0.978. The standard InChI is InChI=1S/C19H23N5OS/c1-3-12-10-21-23-17(12)13-4-6-24(7-5-13)18(25)14-8-11(2)16-15(9-14)26-19(20)22-16/h8-10,13H,3-7H2,1-2H3,(H2,20,22)(H,21,23). The highest BCUT2D eigenvalue weighted by Crippen LogP contribution is 2.31. The van der Waals surface area contributed by atoms with Crippen LogP contribution in [-0.4, -0.2) is 39.1 Å². The average molecular weight is 369 g/mol. The summed E-state index contributed by atoms with van der Waals surface area (Å²) in [5.74, 6) is 0.558.